The van der Waals surface area contributed by atoms with Crippen LogP contribution in [-0.2, 0) is 24.0 Å². The molecule has 0 saturated heterocycles. The van der Waals surface area contributed by atoms with E-state index < -0.39 is 60.8 Å². The fourth-order valence-electron chi connectivity index (χ4n) is 2.64. The van der Waals surface area contributed by atoms with Crippen LogP contribution in [0.5, 0.6) is 0 Å². The number of nitrogens with two attached hydrogens (primary N) is 5. The van der Waals surface area contributed by atoms with E-state index >= 15 is 0 Å². The van der Waals surface area contributed by atoms with Gasteiger partial charge in [-0.2, -0.15) is 0 Å². The smallest absolute Gasteiger partial charge is 0.322 e. The molecule has 0 spiro atoms. The van der Waals surface area contributed by atoms with Gasteiger partial charge in [-0.1, -0.05) is 0 Å². The zero-order chi connectivity index (χ0) is 27.0. The van der Waals surface area contributed by atoms with Gasteiger partial charge in [-0.15, -0.1) is 0 Å². The molecule has 0 aliphatic carbocycles. The Bertz CT molecular complexity index is 809. The van der Waals surface area contributed by atoms with Gasteiger partial charge in [0.05, 0.1) is 12.5 Å². The van der Waals surface area contributed by atoms with Crippen LogP contribution >= 0.6 is 0 Å². The van der Waals surface area contributed by atoms with E-state index in [1.165, 1.54) is 0 Å². The molecule has 0 aromatic heterocycles. The van der Waals surface area contributed by atoms with Crippen LogP contribution in [0.1, 0.15) is 32.1 Å². The zero-order valence-electron chi connectivity index (χ0n) is 19.1. The number of guanidine groups is 2. The summed E-state index contributed by atoms with van der Waals surface area (Å²) in [6.45, 7) is -0.406. The van der Waals surface area contributed by atoms with E-state index in [-0.39, 0.29) is 44.3 Å². The number of carbonyl (C=O) groups excluding carboxylic acids is 3. The molecule has 0 radical (unpaired) electrons. The molecule has 198 valence electrons. The van der Waals surface area contributed by atoms with Gasteiger partial charge in [0.15, 0.2) is 11.9 Å². The van der Waals surface area contributed by atoms with Gasteiger partial charge in [0.1, 0.15) is 18.6 Å². The predicted molar refractivity (Wildman–Crippen MR) is 125 cm³/mol. The van der Waals surface area contributed by atoms with Crippen LogP contribution in [0.25, 0.3) is 0 Å². The second-order valence-corrected chi connectivity index (χ2v) is 7.34. The molecule has 0 aromatic carbocycles. The molecule has 3 amide bonds. The highest BCUT2D eigenvalue weighted by Gasteiger charge is 2.29. The summed E-state index contributed by atoms with van der Waals surface area (Å²) >= 11 is 0. The van der Waals surface area contributed by atoms with Crippen LogP contribution in [0.2, 0.25) is 0 Å². The summed E-state index contributed by atoms with van der Waals surface area (Å²) < 4.78 is 0. The van der Waals surface area contributed by atoms with Crippen molar-refractivity contribution in [1.29, 1.82) is 0 Å². The number of carboxylic acid groups (broad SMARTS) is 2. The fraction of sp³-hybridized carbons (Fsp3) is 0.611. The highest BCUT2D eigenvalue weighted by atomic mass is 16.4. The Balaban J connectivity index is 5.33. The highest BCUT2D eigenvalue weighted by molar-refractivity contribution is 5.95. The van der Waals surface area contributed by atoms with Gasteiger partial charge in [-0.3, -0.25) is 34.0 Å². The minimum Gasteiger partial charge on any atom is -0.481 e. The van der Waals surface area contributed by atoms with E-state index in [4.69, 9.17) is 38.9 Å². The third-order valence-electron chi connectivity index (χ3n) is 4.31. The summed E-state index contributed by atoms with van der Waals surface area (Å²) in [4.78, 5) is 66.8. The molecule has 3 unspecified atom stereocenters. The molecule has 0 fully saturated rings. The van der Waals surface area contributed by atoms with Crippen molar-refractivity contribution < 1.29 is 34.2 Å². The van der Waals surface area contributed by atoms with Crippen LogP contribution in [0.15, 0.2) is 9.98 Å². The van der Waals surface area contributed by atoms with Crippen molar-refractivity contribution in [3.8, 4) is 0 Å². The van der Waals surface area contributed by atoms with Crippen molar-refractivity contribution in [1.82, 2.24) is 16.0 Å². The molecule has 0 aliphatic heterocycles. The largest absolute Gasteiger partial charge is 0.481 e. The molecule has 0 rings (SSSR count). The summed E-state index contributed by atoms with van der Waals surface area (Å²) in [7, 11) is 0. The number of aliphatic imine (C=N–C) groups is 2. The average molecular weight is 503 g/mol. The number of nitrogens with zero attached hydrogens (tertiary/aromatic N) is 2. The molecule has 15 N–H and O–H groups in total. The normalized spacial score (nSPS) is 12.8. The number of nitrogens with one attached hydrogen (secondary N) is 3. The van der Waals surface area contributed by atoms with Gasteiger partial charge < -0.3 is 54.8 Å². The summed E-state index contributed by atoms with van der Waals surface area (Å²) in [6.07, 6.45) is 0.0229. The number of hydrogen-bond acceptors (Lipinski definition) is 8. The van der Waals surface area contributed by atoms with Gasteiger partial charge in [-0.25, -0.2) is 0 Å². The molecule has 0 aliphatic rings. The lowest BCUT2D eigenvalue weighted by Gasteiger charge is -2.23. The quantitative estimate of drug-likeness (QED) is 0.0508. The van der Waals surface area contributed by atoms with Crippen molar-refractivity contribution in [3.05, 3.63) is 0 Å². The average Bonchev–Trinajstić information content (AvgIpc) is 2.75. The second-order valence-electron chi connectivity index (χ2n) is 7.34. The minimum atomic E-state index is -1.59. The number of rotatable bonds is 17. The summed E-state index contributed by atoms with van der Waals surface area (Å²) in [6, 6.07) is -3.82. The fourth-order valence-corrected chi connectivity index (χ4v) is 2.64. The summed E-state index contributed by atoms with van der Waals surface area (Å²) in [5.41, 5.74) is 26.8. The monoisotopic (exact) mass is 502 g/mol. The van der Waals surface area contributed by atoms with E-state index in [1.807, 2.05) is 5.32 Å². The molecular formula is C18H34N10O7. The van der Waals surface area contributed by atoms with Gasteiger partial charge in [0, 0.05) is 13.1 Å². The Hall–Kier alpha value is -4.15. The summed E-state index contributed by atoms with van der Waals surface area (Å²) in [5.74, 6) is -5.65. The number of carbonyl (C=O) groups is 5. The summed E-state index contributed by atoms with van der Waals surface area (Å²) in [5, 5.41) is 24.4. The first kappa shape index (κ1) is 30.9. The third-order valence-corrected chi connectivity index (χ3v) is 4.31. The lowest BCUT2D eigenvalue weighted by molar-refractivity contribution is -0.141. The van der Waals surface area contributed by atoms with Crippen LogP contribution in [0.4, 0.5) is 0 Å². The maximum atomic E-state index is 12.8. The first-order valence-corrected chi connectivity index (χ1v) is 10.5. The van der Waals surface area contributed by atoms with Crippen LogP contribution in [0, 0.1) is 0 Å². The first-order chi connectivity index (χ1) is 16.3. The van der Waals surface area contributed by atoms with Gasteiger partial charge in [0.25, 0.3) is 0 Å². The van der Waals surface area contributed by atoms with Gasteiger partial charge >= 0.3 is 11.9 Å². The van der Waals surface area contributed by atoms with E-state index in [9.17, 15) is 24.0 Å². The predicted octanol–water partition coefficient (Wildman–Crippen LogP) is -4.93. The van der Waals surface area contributed by atoms with E-state index in [0.717, 1.165) is 0 Å². The molecule has 0 aromatic rings. The number of aliphatic carboxylic acids is 2. The van der Waals surface area contributed by atoms with Gasteiger partial charge in [0.2, 0.25) is 17.7 Å². The standard InChI is InChI=1S/C18H34N10O7/c19-9(3-1-5-24-17(20)21)14(33)27-10(4-2-6-25-18(22)23)16(35)28-11(7-12(29)30)15(34)26-8-13(31)32/h9-11H,1-8,19H2,(H,26,34)(H,27,33)(H,28,35)(H,29,30)(H,31,32)(H4,20,21,24)(H4,22,23,25). The highest BCUT2D eigenvalue weighted by Crippen LogP contribution is 2.04. The minimum absolute atomic E-state index is 0.0195. The third kappa shape index (κ3) is 15.3. The Kier molecular flexibility index (Phi) is 14.5. The zero-order valence-corrected chi connectivity index (χ0v) is 19.1. The molecule has 0 bridgehead atoms. The van der Waals surface area contributed by atoms with Crippen LogP contribution in [0.3, 0.4) is 0 Å². The molecule has 17 heteroatoms. The SMILES string of the molecule is NC(N)=NCCCC(N)C(=O)NC(CCCN=C(N)N)C(=O)NC(CC(=O)O)C(=O)NCC(=O)O. The molecule has 35 heavy (non-hydrogen) atoms. The molecule has 17 nitrogen and oxygen atoms in total. The first-order valence-electron chi connectivity index (χ1n) is 10.5. The van der Waals surface area contributed by atoms with E-state index in [0.29, 0.717) is 6.42 Å². The lowest BCUT2D eigenvalue weighted by Crippen LogP contribution is -2.56. The maximum Gasteiger partial charge on any atom is 0.322 e. The number of hydrogen-bond donors (Lipinski definition) is 10. The topological polar surface area (TPSA) is 317 Å². The Labute approximate surface area is 200 Å². The van der Waals surface area contributed by atoms with Crippen LogP contribution in [-0.4, -0.2) is 89.6 Å². The van der Waals surface area contributed by atoms with Crippen molar-refractivity contribution in [2.24, 2.45) is 38.7 Å². The van der Waals surface area contributed by atoms with Crippen molar-refractivity contribution >= 4 is 41.6 Å². The second kappa shape index (κ2) is 16.5. The number of carboxylic acids is 2. The van der Waals surface area contributed by atoms with Gasteiger partial charge in [-0.05, 0) is 25.7 Å². The molecule has 0 heterocycles. The Morgan fingerprint density at radius 1 is 0.714 bits per heavy atom. The van der Waals surface area contributed by atoms with Crippen LogP contribution < -0.4 is 44.6 Å². The van der Waals surface area contributed by atoms with E-state index in [2.05, 4.69) is 20.6 Å². The Morgan fingerprint density at radius 2 is 1.23 bits per heavy atom. The lowest BCUT2D eigenvalue weighted by atomic mass is 10.1. The van der Waals surface area contributed by atoms with Crippen molar-refractivity contribution in [2.75, 3.05) is 19.6 Å². The maximum absolute atomic E-state index is 12.8. The van der Waals surface area contributed by atoms with Crippen molar-refractivity contribution in [3.63, 3.8) is 0 Å². The number of amides is 3. The molecular weight excluding hydrogens is 468 g/mol. The van der Waals surface area contributed by atoms with E-state index in [1.54, 1.807) is 0 Å². The molecule has 3 atom stereocenters. The Morgan fingerprint density at radius 3 is 1.71 bits per heavy atom. The molecule has 0 saturated carbocycles. The van der Waals surface area contributed by atoms with Crippen molar-refractivity contribution in [2.45, 2.75) is 50.2 Å².